The number of H-pyrrole nitrogens is 1. The SMILES string of the molecule is COc1ccc(-c2ccnc(=S)[nH]2)cc1C(C)(C)C. The van der Waals surface area contributed by atoms with Gasteiger partial charge in [-0.1, -0.05) is 20.8 Å². The van der Waals surface area contributed by atoms with Gasteiger partial charge in [-0.25, -0.2) is 4.98 Å². The predicted octanol–water partition coefficient (Wildman–Crippen LogP) is 4.11. The Morgan fingerprint density at radius 2 is 1.95 bits per heavy atom. The smallest absolute Gasteiger partial charge is 0.197 e. The number of nitrogens with zero attached hydrogens (tertiary/aromatic N) is 1. The number of methoxy groups -OCH3 is 1. The zero-order valence-corrected chi connectivity index (χ0v) is 12.5. The third-order valence-electron chi connectivity index (χ3n) is 2.99. The van der Waals surface area contributed by atoms with E-state index in [-0.39, 0.29) is 5.41 Å². The van der Waals surface area contributed by atoms with E-state index in [9.17, 15) is 0 Å². The molecule has 0 spiro atoms. The van der Waals surface area contributed by atoms with Crippen LogP contribution in [0.15, 0.2) is 30.5 Å². The van der Waals surface area contributed by atoms with Crippen LogP contribution in [0.4, 0.5) is 0 Å². The molecule has 2 rings (SSSR count). The van der Waals surface area contributed by atoms with Gasteiger partial charge in [0, 0.05) is 17.5 Å². The number of aromatic nitrogens is 2. The lowest BCUT2D eigenvalue weighted by molar-refractivity contribution is 0.397. The quantitative estimate of drug-likeness (QED) is 0.837. The van der Waals surface area contributed by atoms with Gasteiger partial charge in [0.25, 0.3) is 0 Å². The first-order valence-electron chi connectivity index (χ1n) is 6.16. The van der Waals surface area contributed by atoms with Crippen LogP contribution in [0, 0.1) is 4.77 Å². The minimum absolute atomic E-state index is 0.0190. The Hall–Kier alpha value is -1.68. The van der Waals surface area contributed by atoms with Crippen LogP contribution in [-0.2, 0) is 5.41 Å². The van der Waals surface area contributed by atoms with E-state index in [1.807, 2.05) is 18.2 Å². The van der Waals surface area contributed by atoms with Crippen LogP contribution in [0.25, 0.3) is 11.3 Å². The molecule has 19 heavy (non-hydrogen) atoms. The first kappa shape index (κ1) is 13.7. The van der Waals surface area contributed by atoms with Crippen molar-refractivity contribution in [2.75, 3.05) is 7.11 Å². The molecule has 3 nitrogen and oxygen atoms in total. The fourth-order valence-corrected chi connectivity index (χ4v) is 2.17. The van der Waals surface area contributed by atoms with Gasteiger partial charge in [-0.05, 0) is 47.5 Å². The van der Waals surface area contributed by atoms with Crippen molar-refractivity contribution in [2.45, 2.75) is 26.2 Å². The van der Waals surface area contributed by atoms with Gasteiger partial charge < -0.3 is 9.72 Å². The van der Waals surface area contributed by atoms with Gasteiger partial charge in [0.05, 0.1) is 7.11 Å². The molecule has 0 saturated carbocycles. The van der Waals surface area contributed by atoms with Gasteiger partial charge in [-0.15, -0.1) is 0 Å². The van der Waals surface area contributed by atoms with Crippen LogP contribution in [0.1, 0.15) is 26.3 Å². The predicted molar refractivity (Wildman–Crippen MR) is 80.1 cm³/mol. The topological polar surface area (TPSA) is 37.9 Å². The molecule has 4 heteroatoms. The summed E-state index contributed by atoms with van der Waals surface area (Å²) in [7, 11) is 1.70. The molecule has 0 aliphatic heterocycles. The Labute approximate surface area is 118 Å². The zero-order valence-electron chi connectivity index (χ0n) is 11.7. The molecule has 0 unspecified atom stereocenters. The van der Waals surface area contributed by atoms with Gasteiger partial charge in [0.1, 0.15) is 5.75 Å². The average molecular weight is 274 g/mol. The molecule has 0 saturated heterocycles. The van der Waals surface area contributed by atoms with Gasteiger partial charge >= 0.3 is 0 Å². The average Bonchev–Trinajstić information content (AvgIpc) is 2.37. The van der Waals surface area contributed by atoms with Crippen LogP contribution < -0.4 is 4.74 Å². The fraction of sp³-hybridized carbons (Fsp3) is 0.333. The van der Waals surface area contributed by atoms with Crippen molar-refractivity contribution in [3.05, 3.63) is 40.8 Å². The van der Waals surface area contributed by atoms with Crippen LogP contribution in [0.3, 0.4) is 0 Å². The Morgan fingerprint density at radius 3 is 2.53 bits per heavy atom. The molecule has 1 heterocycles. The van der Waals surface area contributed by atoms with Crippen molar-refractivity contribution in [3.8, 4) is 17.0 Å². The van der Waals surface area contributed by atoms with Crippen molar-refractivity contribution >= 4 is 12.2 Å². The molecule has 100 valence electrons. The molecule has 0 amide bonds. The molecule has 2 aromatic rings. The van der Waals surface area contributed by atoms with E-state index in [1.165, 1.54) is 5.56 Å². The summed E-state index contributed by atoms with van der Waals surface area (Å²) in [5.41, 5.74) is 3.24. The maximum atomic E-state index is 5.44. The van der Waals surface area contributed by atoms with Gasteiger partial charge in [0.2, 0.25) is 0 Å². The lowest BCUT2D eigenvalue weighted by Gasteiger charge is -2.23. The molecule has 0 bridgehead atoms. The zero-order chi connectivity index (χ0) is 14.0. The third kappa shape index (κ3) is 3.01. The summed E-state index contributed by atoms with van der Waals surface area (Å²) in [5.74, 6) is 0.906. The van der Waals surface area contributed by atoms with Crippen LogP contribution in [0.2, 0.25) is 0 Å². The third-order valence-corrected chi connectivity index (χ3v) is 3.20. The standard InChI is InChI=1S/C15H18N2OS/c1-15(2,3)11-9-10(5-6-13(11)18-4)12-7-8-16-14(19)17-12/h5-9H,1-4H3,(H,16,17,19). The summed E-state index contributed by atoms with van der Waals surface area (Å²) in [6.45, 7) is 6.51. The van der Waals surface area contributed by atoms with E-state index < -0.39 is 0 Å². The molecular formula is C15H18N2OS. The number of ether oxygens (including phenoxy) is 1. The summed E-state index contributed by atoms with van der Waals surface area (Å²) >= 11 is 5.06. The Morgan fingerprint density at radius 1 is 1.21 bits per heavy atom. The lowest BCUT2D eigenvalue weighted by Crippen LogP contribution is -2.13. The van der Waals surface area contributed by atoms with Gasteiger partial charge in [-0.3, -0.25) is 0 Å². The maximum Gasteiger partial charge on any atom is 0.197 e. The number of nitrogens with one attached hydrogen (secondary N) is 1. The minimum Gasteiger partial charge on any atom is -0.496 e. The highest BCUT2D eigenvalue weighted by molar-refractivity contribution is 7.71. The van der Waals surface area contributed by atoms with E-state index in [4.69, 9.17) is 17.0 Å². The minimum atomic E-state index is 0.0190. The van der Waals surface area contributed by atoms with Crippen LogP contribution in [-0.4, -0.2) is 17.1 Å². The summed E-state index contributed by atoms with van der Waals surface area (Å²) in [4.78, 5) is 7.11. The van der Waals surface area contributed by atoms with Crippen molar-refractivity contribution in [1.29, 1.82) is 0 Å². The monoisotopic (exact) mass is 274 g/mol. The Bertz CT molecular complexity index is 641. The molecule has 1 aromatic heterocycles. The molecule has 0 fully saturated rings. The summed E-state index contributed by atoms with van der Waals surface area (Å²) in [6.07, 6.45) is 1.72. The van der Waals surface area contributed by atoms with Crippen LogP contribution >= 0.6 is 12.2 Å². The summed E-state index contributed by atoms with van der Waals surface area (Å²) < 4.78 is 5.93. The first-order valence-corrected chi connectivity index (χ1v) is 6.57. The second-order valence-electron chi connectivity index (χ2n) is 5.45. The summed E-state index contributed by atoms with van der Waals surface area (Å²) in [5, 5.41) is 0. The van der Waals surface area contributed by atoms with E-state index >= 15 is 0 Å². The van der Waals surface area contributed by atoms with Gasteiger partial charge in [0.15, 0.2) is 4.77 Å². The number of benzene rings is 1. The highest BCUT2D eigenvalue weighted by atomic mass is 32.1. The second-order valence-corrected chi connectivity index (χ2v) is 5.84. The molecule has 1 aromatic carbocycles. The second kappa shape index (κ2) is 5.13. The molecular weight excluding hydrogens is 256 g/mol. The normalized spacial score (nSPS) is 11.4. The molecule has 0 aliphatic rings. The largest absolute Gasteiger partial charge is 0.496 e. The van der Waals surface area contributed by atoms with Crippen molar-refractivity contribution in [1.82, 2.24) is 9.97 Å². The first-order chi connectivity index (χ1) is 8.91. The number of hydrogen-bond donors (Lipinski definition) is 1. The van der Waals surface area contributed by atoms with E-state index in [2.05, 4.69) is 36.8 Å². The maximum absolute atomic E-state index is 5.44. The molecule has 1 N–H and O–H groups in total. The number of hydrogen-bond acceptors (Lipinski definition) is 3. The highest BCUT2D eigenvalue weighted by Crippen LogP contribution is 2.34. The fourth-order valence-electron chi connectivity index (χ4n) is 2.00. The van der Waals surface area contributed by atoms with E-state index in [0.717, 1.165) is 17.0 Å². The number of rotatable bonds is 2. The molecule has 0 atom stereocenters. The van der Waals surface area contributed by atoms with Gasteiger partial charge in [-0.2, -0.15) is 0 Å². The lowest BCUT2D eigenvalue weighted by atomic mass is 9.85. The van der Waals surface area contributed by atoms with E-state index in [1.54, 1.807) is 13.3 Å². The van der Waals surface area contributed by atoms with Crippen LogP contribution in [0.5, 0.6) is 5.75 Å². The number of aromatic amines is 1. The van der Waals surface area contributed by atoms with E-state index in [0.29, 0.717) is 4.77 Å². The molecule has 0 aliphatic carbocycles. The Kier molecular flexibility index (Phi) is 3.71. The van der Waals surface area contributed by atoms with Crippen molar-refractivity contribution in [3.63, 3.8) is 0 Å². The highest BCUT2D eigenvalue weighted by Gasteiger charge is 2.19. The Balaban J connectivity index is 2.58. The van der Waals surface area contributed by atoms with Crippen molar-refractivity contribution in [2.24, 2.45) is 0 Å². The molecule has 0 radical (unpaired) electrons. The van der Waals surface area contributed by atoms with Crippen molar-refractivity contribution < 1.29 is 4.74 Å². The summed E-state index contributed by atoms with van der Waals surface area (Å²) in [6, 6.07) is 8.07.